The van der Waals surface area contributed by atoms with Gasteiger partial charge in [-0.3, -0.25) is 4.90 Å². The Balaban J connectivity index is 2.63. The summed E-state index contributed by atoms with van der Waals surface area (Å²) in [5, 5.41) is 8.72. The van der Waals surface area contributed by atoms with Gasteiger partial charge in [-0.25, -0.2) is 0 Å². The van der Waals surface area contributed by atoms with Crippen molar-refractivity contribution in [2.24, 2.45) is 0 Å². The summed E-state index contributed by atoms with van der Waals surface area (Å²) in [4.78, 5) is 2.51. The van der Waals surface area contributed by atoms with Gasteiger partial charge in [0.25, 0.3) is 0 Å². The number of nitrogens with zero attached hydrogens (tertiary/aromatic N) is 2. The van der Waals surface area contributed by atoms with Gasteiger partial charge < -0.3 is 0 Å². The average molecular weight is 180 g/mol. The maximum Gasteiger partial charge on any atom is 0.0638 e. The molecule has 0 aliphatic carbocycles. The van der Waals surface area contributed by atoms with Crippen LogP contribution in [-0.4, -0.2) is 23.0 Å². The van der Waals surface area contributed by atoms with E-state index < -0.39 is 0 Å². The molecular formula is C11H20N2. The quantitative estimate of drug-likeness (QED) is 0.667. The lowest BCUT2D eigenvalue weighted by atomic mass is 9.99. The molecule has 13 heavy (non-hydrogen) atoms. The summed E-state index contributed by atoms with van der Waals surface area (Å²) in [7, 11) is 0. The highest BCUT2D eigenvalue weighted by Gasteiger charge is 2.35. The lowest BCUT2D eigenvalue weighted by Crippen LogP contribution is -2.45. The summed E-state index contributed by atoms with van der Waals surface area (Å²) in [6.45, 7) is 7.93. The fraction of sp³-hybridized carbons (Fsp3) is 0.909. The zero-order valence-electron chi connectivity index (χ0n) is 9.01. The Hall–Kier alpha value is -0.550. The minimum Gasteiger partial charge on any atom is -0.294 e. The molecule has 0 aromatic carbocycles. The molecule has 0 aromatic heterocycles. The van der Waals surface area contributed by atoms with E-state index in [1.54, 1.807) is 0 Å². The van der Waals surface area contributed by atoms with Crippen LogP contribution in [0.5, 0.6) is 0 Å². The first-order valence-electron chi connectivity index (χ1n) is 5.25. The summed E-state index contributed by atoms with van der Waals surface area (Å²) in [6, 6.07) is 2.77. The maximum absolute atomic E-state index is 8.72. The monoisotopic (exact) mass is 180 g/mol. The molecule has 2 heteroatoms. The number of hydrogen-bond donors (Lipinski definition) is 0. The van der Waals surface area contributed by atoms with Crippen LogP contribution in [0, 0.1) is 11.3 Å². The Morgan fingerprint density at radius 2 is 2.23 bits per heavy atom. The van der Waals surface area contributed by atoms with Crippen molar-refractivity contribution in [2.45, 2.75) is 58.0 Å². The van der Waals surface area contributed by atoms with Gasteiger partial charge in [0.15, 0.2) is 0 Å². The van der Waals surface area contributed by atoms with Gasteiger partial charge in [0.2, 0.25) is 0 Å². The summed E-state index contributed by atoms with van der Waals surface area (Å²) in [6.07, 6.45) is 4.33. The Labute approximate surface area is 81.5 Å². The van der Waals surface area contributed by atoms with E-state index >= 15 is 0 Å². The Morgan fingerprint density at radius 3 is 2.62 bits per heavy atom. The second-order valence-corrected chi connectivity index (χ2v) is 4.53. The first-order valence-corrected chi connectivity index (χ1v) is 5.25. The molecule has 1 fully saturated rings. The first-order chi connectivity index (χ1) is 6.11. The minimum atomic E-state index is 0.317. The first kappa shape index (κ1) is 10.5. The molecule has 1 atom stereocenters. The second kappa shape index (κ2) is 4.11. The normalized spacial score (nSPS) is 24.2. The van der Waals surface area contributed by atoms with Crippen molar-refractivity contribution in [1.82, 2.24) is 4.90 Å². The number of likely N-dealkylation sites (tertiary alicyclic amines) is 1. The van der Waals surface area contributed by atoms with Gasteiger partial charge in [0.05, 0.1) is 12.5 Å². The number of nitriles is 1. The van der Waals surface area contributed by atoms with Gasteiger partial charge in [0, 0.05) is 11.6 Å². The highest BCUT2D eigenvalue weighted by molar-refractivity contribution is 4.94. The minimum absolute atomic E-state index is 0.317. The van der Waals surface area contributed by atoms with Gasteiger partial charge in [0.1, 0.15) is 0 Å². The summed E-state index contributed by atoms with van der Waals surface area (Å²) < 4.78 is 0. The molecule has 2 nitrogen and oxygen atoms in total. The van der Waals surface area contributed by atoms with E-state index in [2.05, 4.69) is 31.7 Å². The molecule has 0 spiro atoms. The van der Waals surface area contributed by atoms with Gasteiger partial charge >= 0.3 is 0 Å². The fourth-order valence-electron chi connectivity index (χ4n) is 2.39. The van der Waals surface area contributed by atoms with Crippen LogP contribution in [0.4, 0.5) is 0 Å². The summed E-state index contributed by atoms with van der Waals surface area (Å²) in [5.41, 5.74) is 0.317. The van der Waals surface area contributed by atoms with Crippen molar-refractivity contribution in [3.8, 4) is 6.07 Å². The summed E-state index contributed by atoms with van der Waals surface area (Å²) in [5.74, 6) is 0. The lowest BCUT2D eigenvalue weighted by molar-refractivity contribution is 0.114. The van der Waals surface area contributed by atoms with Crippen molar-refractivity contribution < 1.29 is 0 Å². The van der Waals surface area contributed by atoms with Crippen LogP contribution < -0.4 is 0 Å². The molecule has 1 unspecified atom stereocenters. The SMILES string of the molecule is CCC(CC#N)N1CCCC1(C)C. The maximum atomic E-state index is 8.72. The molecular weight excluding hydrogens is 160 g/mol. The zero-order valence-corrected chi connectivity index (χ0v) is 9.01. The van der Waals surface area contributed by atoms with E-state index in [0.29, 0.717) is 18.0 Å². The topological polar surface area (TPSA) is 27.0 Å². The molecule has 0 aromatic rings. The van der Waals surface area contributed by atoms with Gasteiger partial charge in [-0.15, -0.1) is 0 Å². The van der Waals surface area contributed by atoms with E-state index in [1.807, 2.05) is 0 Å². The van der Waals surface area contributed by atoms with Gasteiger partial charge in [-0.2, -0.15) is 5.26 Å². The molecule has 1 heterocycles. The van der Waals surface area contributed by atoms with E-state index in [9.17, 15) is 0 Å². The Morgan fingerprint density at radius 1 is 1.54 bits per heavy atom. The smallest absolute Gasteiger partial charge is 0.0638 e. The molecule has 0 bridgehead atoms. The highest BCUT2D eigenvalue weighted by atomic mass is 15.2. The molecule has 1 aliphatic rings. The average Bonchev–Trinajstić information content (AvgIpc) is 2.41. The third-order valence-electron chi connectivity index (χ3n) is 3.20. The van der Waals surface area contributed by atoms with Crippen molar-refractivity contribution in [1.29, 1.82) is 5.26 Å². The zero-order chi connectivity index (χ0) is 9.90. The molecule has 1 saturated heterocycles. The van der Waals surface area contributed by atoms with Crippen molar-refractivity contribution >= 4 is 0 Å². The molecule has 0 saturated carbocycles. The third kappa shape index (κ3) is 2.22. The number of rotatable bonds is 3. The Bertz CT molecular complexity index is 203. The summed E-state index contributed by atoms with van der Waals surface area (Å²) >= 11 is 0. The molecule has 1 aliphatic heterocycles. The lowest BCUT2D eigenvalue weighted by Gasteiger charge is -2.37. The second-order valence-electron chi connectivity index (χ2n) is 4.53. The van der Waals surface area contributed by atoms with E-state index in [1.165, 1.54) is 19.4 Å². The van der Waals surface area contributed by atoms with Crippen LogP contribution in [0.1, 0.15) is 46.5 Å². The van der Waals surface area contributed by atoms with Crippen LogP contribution in [0.3, 0.4) is 0 Å². The van der Waals surface area contributed by atoms with Crippen LogP contribution in [0.25, 0.3) is 0 Å². The van der Waals surface area contributed by atoms with E-state index in [0.717, 1.165) is 6.42 Å². The fourth-order valence-corrected chi connectivity index (χ4v) is 2.39. The predicted octanol–water partition coefficient (Wildman–Crippen LogP) is 2.55. The van der Waals surface area contributed by atoms with Crippen LogP contribution >= 0.6 is 0 Å². The molecule has 0 N–H and O–H groups in total. The standard InChI is InChI=1S/C11H20N2/c1-4-10(6-8-12)13-9-5-7-11(13,2)3/h10H,4-7,9H2,1-3H3. The largest absolute Gasteiger partial charge is 0.294 e. The van der Waals surface area contributed by atoms with E-state index in [-0.39, 0.29) is 0 Å². The van der Waals surface area contributed by atoms with Crippen molar-refractivity contribution in [3.05, 3.63) is 0 Å². The predicted molar refractivity (Wildman–Crippen MR) is 54.3 cm³/mol. The molecule has 74 valence electrons. The van der Waals surface area contributed by atoms with Crippen LogP contribution in [-0.2, 0) is 0 Å². The van der Waals surface area contributed by atoms with Gasteiger partial charge in [-0.05, 0) is 39.7 Å². The van der Waals surface area contributed by atoms with Crippen molar-refractivity contribution in [3.63, 3.8) is 0 Å². The molecule has 0 radical (unpaired) electrons. The van der Waals surface area contributed by atoms with Crippen LogP contribution in [0.2, 0.25) is 0 Å². The van der Waals surface area contributed by atoms with Crippen molar-refractivity contribution in [2.75, 3.05) is 6.54 Å². The highest BCUT2D eigenvalue weighted by Crippen LogP contribution is 2.31. The Kier molecular flexibility index (Phi) is 3.33. The molecule has 0 amide bonds. The van der Waals surface area contributed by atoms with E-state index in [4.69, 9.17) is 5.26 Å². The third-order valence-corrected chi connectivity index (χ3v) is 3.20. The molecule has 1 rings (SSSR count). The number of hydrogen-bond acceptors (Lipinski definition) is 2. The van der Waals surface area contributed by atoms with Crippen LogP contribution in [0.15, 0.2) is 0 Å². The van der Waals surface area contributed by atoms with Gasteiger partial charge in [-0.1, -0.05) is 6.92 Å².